The van der Waals surface area contributed by atoms with Gasteiger partial charge in [0.2, 0.25) is 11.8 Å². The number of carbonyl (C=O) groups excluding carboxylic acids is 2. The molecule has 2 heterocycles. The predicted octanol–water partition coefficient (Wildman–Crippen LogP) is 2.52. The lowest BCUT2D eigenvalue weighted by Gasteiger charge is -2.32. The van der Waals surface area contributed by atoms with Gasteiger partial charge in [-0.05, 0) is 24.3 Å². The van der Waals surface area contributed by atoms with Crippen LogP contribution in [0, 0.1) is 5.92 Å². The van der Waals surface area contributed by atoms with E-state index in [4.69, 9.17) is 9.47 Å². The van der Waals surface area contributed by atoms with Crippen LogP contribution in [0.3, 0.4) is 0 Å². The van der Waals surface area contributed by atoms with Gasteiger partial charge in [-0.1, -0.05) is 18.2 Å². The molecule has 0 saturated carbocycles. The Labute approximate surface area is 170 Å². The number of methoxy groups -OCH3 is 1. The third-order valence-corrected chi connectivity index (χ3v) is 5.36. The van der Waals surface area contributed by atoms with Crippen molar-refractivity contribution < 1.29 is 19.1 Å². The highest BCUT2D eigenvalue weighted by molar-refractivity contribution is 6.05. The van der Waals surface area contributed by atoms with E-state index in [-0.39, 0.29) is 18.2 Å². The summed E-state index contributed by atoms with van der Waals surface area (Å²) in [4.78, 5) is 29.5. The number of para-hydroxylation sites is 2. The SMILES string of the molecule is COc1cccc(NC(=O)C2CC(=O)N(c3ccccc3N3CCOCC3)C2)c1. The van der Waals surface area contributed by atoms with Gasteiger partial charge in [0.25, 0.3) is 0 Å². The predicted molar refractivity (Wildman–Crippen MR) is 112 cm³/mol. The summed E-state index contributed by atoms with van der Waals surface area (Å²) in [5.41, 5.74) is 2.53. The lowest BCUT2D eigenvalue weighted by atomic mass is 10.1. The summed E-state index contributed by atoms with van der Waals surface area (Å²) in [6, 6.07) is 15.1. The smallest absolute Gasteiger partial charge is 0.229 e. The normalized spacial score (nSPS) is 19.3. The Morgan fingerprint density at radius 2 is 1.86 bits per heavy atom. The summed E-state index contributed by atoms with van der Waals surface area (Å²) in [7, 11) is 1.58. The molecule has 7 nitrogen and oxygen atoms in total. The van der Waals surface area contributed by atoms with Gasteiger partial charge < -0.3 is 24.6 Å². The Hall–Kier alpha value is -3.06. The molecule has 2 aliphatic rings. The molecule has 0 aromatic heterocycles. The Morgan fingerprint density at radius 3 is 2.62 bits per heavy atom. The number of rotatable bonds is 5. The average Bonchev–Trinajstić information content (AvgIpc) is 3.16. The maximum absolute atomic E-state index is 12.8. The average molecular weight is 395 g/mol. The molecule has 29 heavy (non-hydrogen) atoms. The molecular formula is C22H25N3O4. The zero-order chi connectivity index (χ0) is 20.2. The number of anilines is 3. The van der Waals surface area contributed by atoms with E-state index in [0.29, 0.717) is 31.2 Å². The highest BCUT2D eigenvalue weighted by Gasteiger charge is 2.36. The second-order valence-electron chi connectivity index (χ2n) is 7.21. The van der Waals surface area contributed by atoms with E-state index in [9.17, 15) is 9.59 Å². The Morgan fingerprint density at radius 1 is 1.10 bits per heavy atom. The van der Waals surface area contributed by atoms with Crippen LogP contribution in [0.2, 0.25) is 0 Å². The monoisotopic (exact) mass is 395 g/mol. The van der Waals surface area contributed by atoms with Gasteiger partial charge in [-0.25, -0.2) is 0 Å². The Kier molecular flexibility index (Phi) is 5.67. The van der Waals surface area contributed by atoms with E-state index in [0.717, 1.165) is 24.5 Å². The Balaban J connectivity index is 1.49. The van der Waals surface area contributed by atoms with Crippen LogP contribution in [-0.2, 0) is 14.3 Å². The molecule has 1 N–H and O–H groups in total. The van der Waals surface area contributed by atoms with Crippen molar-refractivity contribution in [3.05, 3.63) is 48.5 Å². The van der Waals surface area contributed by atoms with Crippen molar-refractivity contribution in [3.63, 3.8) is 0 Å². The molecule has 0 radical (unpaired) electrons. The third-order valence-electron chi connectivity index (χ3n) is 5.36. The fraction of sp³-hybridized carbons (Fsp3) is 0.364. The van der Waals surface area contributed by atoms with E-state index in [1.807, 2.05) is 42.5 Å². The summed E-state index contributed by atoms with van der Waals surface area (Å²) < 4.78 is 10.6. The molecule has 2 aromatic carbocycles. The minimum absolute atomic E-state index is 0.0310. The van der Waals surface area contributed by atoms with Crippen molar-refractivity contribution in [2.45, 2.75) is 6.42 Å². The van der Waals surface area contributed by atoms with E-state index in [1.54, 1.807) is 18.1 Å². The molecule has 2 aromatic rings. The minimum atomic E-state index is -0.397. The first-order valence-corrected chi connectivity index (χ1v) is 9.82. The van der Waals surface area contributed by atoms with Crippen LogP contribution in [0.1, 0.15) is 6.42 Å². The van der Waals surface area contributed by atoms with Gasteiger partial charge in [0.15, 0.2) is 0 Å². The molecule has 1 atom stereocenters. The molecule has 0 spiro atoms. The van der Waals surface area contributed by atoms with Crippen LogP contribution in [-0.4, -0.2) is 51.8 Å². The highest BCUT2D eigenvalue weighted by Crippen LogP contribution is 2.34. The molecule has 152 valence electrons. The standard InChI is InChI=1S/C22H25N3O4/c1-28-18-6-4-5-17(14-18)23-22(27)16-13-21(26)25(15-16)20-8-3-2-7-19(20)24-9-11-29-12-10-24/h2-8,14,16H,9-13,15H2,1H3,(H,23,27). The number of benzene rings is 2. The van der Waals surface area contributed by atoms with Crippen LogP contribution in [0.25, 0.3) is 0 Å². The first-order valence-electron chi connectivity index (χ1n) is 9.82. The quantitative estimate of drug-likeness (QED) is 0.842. The summed E-state index contributed by atoms with van der Waals surface area (Å²) >= 11 is 0. The molecule has 0 bridgehead atoms. The number of carbonyl (C=O) groups is 2. The van der Waals surface area contributed by atoms with Crippen LogP contribution in [0.5, 0.6) is 5.75 Å². The second kappa shape index (κ2) is 8.53. The Bertz CT molecular complexity index is 895. The summed E-state index contributed by atoms with van der Waals surface area (Å²) in [6.07, 6.45) is 0.202. The fourth-order valence-corrected chi connectivity index (χ4v) is 3.83. The number of hydrogen-bond acceptors (Lipinski definition) is 5. The zero-order valence-electron chi connectivity index (χ0n) is 16.5. The number of amides is 2. The van der Waals surface area contributed by atoms with Crippen LogP contribution >= 0.6 is 0 Å². The van der Waals surface area contributed by atoms with E-state index in [2.05, 4.69) is 10.2 Å². The lowest BCUT2D eigenvalue weighted by Crippen LogP contribution is -2.38. The van der Waals surface area contributed by atoms with Gasteiger partial charge in [0.05, 0.1) is 37.6 Å². The first-order chi connectivity index (χ1) is 14.2. The van der Waals surface area contributed by atoms with Crippen molar-refractivity contribution in [2.75, 3.05) is 55.1 Å². The van der Waals surface area contributed by atoms with Crippen LogP contribution in [0.15, 0.2) is 48.5 Å². The zero-order valence-corrected chi connectivity index (χ0v) is 16.5. The minimum Gasteiger partial charge on any atom is -0.497 e. The molecule has 1 unspecified atom stereocenters. The van der Waals surface area contributed by atoms with Crippen molar-refractivity contribution in [3.8, 4) is 5.75 Å². The molecule has 2 aliphatic heterocycles. The molecule has 0 aliphatic carbocycles. The van der Waals surface area contributed by atoms with Crippen molar-refractivity contribution in [1.82, 2.24) is 0 Å². The van der Waals surface area contributed by atoms with E-state index >= 15 is 0 Å². The van der Waals surface area contributed by atoms with Gasteiger partial charge in [-0.3, -0.25) is 9.59 Å². The van der Waals surface area contributed by atoms with E-state index < -0.39 is 5.92 Å². The van der Waals surface area contributed by atoms with Crippen molar-refractivity contribution in [1.29, 1.82) is 0 Å². The molecule has 7 heteroatoms. The van der Waals surface area contributed by atoms with E-state index in [1.165, 1.54) is 0 Å². The molecule has 2 saturated heterocycles. The number of ether oxygens (including phenoxy) is 2. The van der Waals surface area contributed by atoms with Crippen molar-refractivity contribution >= 4 is 28.9 Å². The fourth-order valence-electron chi connectivity index (χ4n) is 3.83. The maximum atomic E-state index is 12.8. The largest absolute Gasteiger partial charge is 0.497 e. The second-order valence-corrected chi connectivity index (χ2v) is 7.21. The molecule has 2 amide bonds. The number of morpholine rings is 1. The number of nitrogens with one attached hydrogen (secondary N) is 1. The molecular weight excluding hydrogens is 370 g/mol. The number of hydrogen-bond donors (Lipinski definition) is 1. The summed E-state index contributed by atoms with van der Waals surface area (Å²) in [6.45, 7) is 3.30. The van der Waals surface area contributed by atoms with Gasteiger partial charge in [0.1, 0.15) is 5.75 Å². The molecule has 2 fully saturated rings. The third kappa shape index (κ3) is 4.19. The molecule has 4 rings (SSSR count). The van der Waals surface area contributed by atoms with Crippen molar-refractivity contribution in [2.24, 2.45) is 5.92 Å². The lowest BCUT2D eigenvalue weighted by molar-refractivity contribution is -0.122. The summed E-state index contributed by atoms with van der Waals surface area (Å²) in [5, 5.41) is 2.90. The van der Waals surface area contributed by atoms with Gasteiger partial charge >= 0.3 is 0 Å². The topological polar surface area (TPSA) is 71.1 Å². The highest BCUT2D eigenvalue weighted by atomic mass is 16.5. The first kappa shape index (κ1) is 19.3. The van der Waals surface area contributed by atoms with Gasteiger partial charge in [-0.2, -0.15) is 0 Å². The maximum Gasteiger partial charge on any atom is 0.229 e. The number of nitrogens with zero attached hydrogens (tertiary/aromatic N) is 2. The summed E-state index contributed by atoms with van der Waals surface area (Å²) in [5.74, 6) is 0.0901. The van der Waals surface area contributed by atoms with Gasteiger partial charge in [0, 0.05) is 37.8 Å². The van der Waals surface area contributed by atoms with Crippen LogP contribution < -0.4 is 19.9 Å². The van der Waals surface area contributed by atoms with Gasteiger partial charge in [-0.15, -0.1) is 0 Å². The van der Waals surface area contributed by atoms with Crippen LogP contribution in [0.4, 0.5) is 17.1 Å².